The number of likely N-dealkylation sites (tertiary alicyclic amines) is 1. The van der Waals surface area contributed by atoms with Crippen LogP contribution in [0, 0.1) is 5.41 Å². The minimum absolute atomic E-state index is 0. The second kappa shape index (κ2) is 12.8. The molecule has 1 saturated heterocycles. The van der Waals surface area contributed by atoms with E-state index < -0.39 is 0 Å². The molecule has 2 aliphatic rings. The molecule has 0 atom stereocenters. The van der Waals surface area contributed by atoms with Crippen molar-refractivity contribution < 1.29 is 4.79 Å². The van der Waals surface area contributed by atoms with E-state index in [0.717, 1.165) is 51.2 Å². The summed E-state index contributed by atoms with van der Waals surface area (Å²) >= 11 is 0. The van der Waals surface area contributed by atoms with Gasteiger partial charge in [-0.05, 0) is 65.1 Å². The predicted octanol–water partition coefficient (Wildman–Crippen LogP) is 2.68. The van der Waals surface area contributed by atoms with Gasteiger partial charge in [0, 0.05) is 27.2 Å². The summed E-state index contributed by atoms with van der Waals surface area (Å²) < 4.78 is 0. The molecule has 1 aliphatic heterocycles. The average molecular weight is 493 g/mol. The summed E-state index contributed by atoms with van der Waals surface area (Å²) in [7, 11) is 3.71. The fourth-order valence-electron chi connectivity index (χ4n) is 4.21. The van der Waals surface area contributed by atoms with E-state index in [9.17, 15) is 4.79 Å². The van der Waals surface area contributed by atoms with E-state index in [2.05, 4.69) is 22.5 Å². The highest BCUT2D eigenvalue weighted by atomic mass is 127. The number of carbonyl (C=O) groups is 1. The van der Waals surface area contributed by atoms with E-state index in [1.165, 1.54) is 38.9 Å². The Bertz CT molecular complexity index is 457. The molecular formula is C20H40IN5O. The van der Waals surface area contributed by atoms with Crippen molar-refractivity contribution in [2.45, 2.75) is 58.3 Å². The van der Waals surface area contributed by atoms with Crippen molar-refractivity contribution in [2.75, 3.05) is 53.4 Å². The van der Waals surface area contributed by atoms with Crippen LogP contribution >= 0.6 is 24.0 Å². The van der Waals surface area contributed by atoms with Gasteiger partial charge in [-0.1, -0.05) is 12.8 Å². The van der Waals surface area contributed by atoms with Gasteiger partial charge in [-0.3, -0.25) is 9.79 Å². The van der Waals surface area contributed by atoms with Crippen LogP contribution < -0.4 is 10.6 Å². The highest BCUT2D eigenvalue weighted by Crippen LogP contribution is 2.39. The molecule has 0 aromatic rings. The maximum absolute atomic E-state index is 12.7. The second-order valence-corrected chi connectivity index (χ2v) is 8.06. The van der Waals surface area contributed by atoms with Crippen LogP contribution in [-0.2, 0) is 4.79 Å². The van der Waals surface area contributed by atoms with Crippen LogP contribution in [0.5, 0.6) is 0 Å². The Balaban J connectivity index is 0.00000364. The molecule has 0 spiro atoms. The molecule has 2 rings (SSSR count). The van der Waals surface area contributed by atoms with Crippen molar-refractivity contribution in [3.05, 3.63) is 0 Å². The summed E-state index contributed by atoms with van der Waals surface area (Å²) in [6, 6.07) is 0. The number of rotatable bonds is 9. The third-order valence-corrected chi connectivity index (χ3v) is 5.70. The van der Waals surface area contributed by atoms with E-state index in [1.54, 1.807) is 4.90 Å². The van der Waals surface area contributed by atoms with Crippen molar-refractivity contribution in [2.24, 2.45) is 10.4 Å². The monoisotopic (exact) mass is 493 g/mol. The first-order chi connectivity index (χ1) is 12.6. The molecule has 6 nitrogen and oxygen atoms in total. The summed E-state index contributed by atoms with van der Waals surface area (Å²) in [4.78, 5) is 21.8. The number of nitrogens with zero attached hydrogens (tertiary/aromatic N) is 3. The molecule has 2 fully saturated rings. The maximum atomic E-state index is 12.7. The fourth-order valence-corrected chi connectivity index (χ4v) is 4.21. The van der Waals surface area contributed by atoms with Crippen LogP contribution in [0.2, 0.25) is 0 Å². The Morgan fingerprint density at radius 2 is 1.74 bits per heavy atom. The van der Waals surface area contributed by atoms with Crippen LogP contribution in [0.25, 0.3) is 0 Å². The Labute approximate surface area is 182 Å². The first-order valence-electron chi connectivity index (χ1n) is 10.5. The number of unbranched alkanes of at least 4 members (excludes halogenated alkanes) is 1. The molecule has 158 valence electrons. The molecular weight excluding hydrogens is 453 g/mol. The number of halogens is 1. The molecule has 1 saturated carbocycles. The normalized spacial score (nSPS) is 19.6. The van der Waals surface area contributed by atoms with Crippen LogP contribution in [-0.4, -0.2) is 75.0 Å². The second-order valence-electron chi connectivity index (χ2n) is 8.06. The van der Waals surface area contributed by atoms with E-state index >= 15 is 0 Å². The van der Waals surface area contributed by atoms with Crippen LogP contribution in [0.1, 0.15) is 58.3 Å². The van der Waals surface area contributed by atoms with Crippen molar-refractivity contribution >= 4 is 35.8 Å². The molecule has 0 radical (unpaired) electrons. The number of aliphatic imine (C=N–C) groups is 1. The highest BCUT2D eigenvalue weighted by Gasteiger charge is 2.42. The number of hydrogen-bond acceptors (Lipinski definition) is 3. The molecule has 0 aromatic heterocycles. The molecule has 1 aliphatic carbocycles. The van der Waals surface area contributed by atoms with E-state index in [4.69, 9.17) is 4.99 Å². The standard InChI is InChI=1S/C20H39N5O.HI/c1-4-21-19(22-13-7-8-14-25-15-9-10-16-25)23-17-20(11-5-6-12-20)18(26)24(2)3;/h4-17H2,1-3H3,(H2,21,22,23);1H. The number of carbonyl (C=O) groups excluding carboxylic acids is 1. The lowest BCUT2D eigenvalue weighted by Crippen LogP contribution is -2.43. The lowest BCUT2D eigenvalue weighted by Gasteiger charge is -2.29. The predicted molar refractivity (Wildman–Crippen MR) is 124 cm³/mol. The lowest BCUT2D eigenvalue weighted by atomic mass is 9.85. The van der Waals surface area contributed by atoms with E-state index in [1.807, 2.05) is 14.1 Å². The molecule has 7 heteroatoms. The summed E-state index contributed by atoms with van der Waals surface area (Å²) in [5, 5.41) is 6.78. The smallest absolute Gasteiger partial charge is 0.230 e. The number of amides is 1. The quantitative estimate of drug-likeness (QED) is 0.225. The minimum Gasteiger partial charge on any atom is -0.357 e. The van der Waals surface area contributed by atoms with Gasteiger partial charge in [0.1, 0.15) is 0 Å². The topological polar surface area (TPSA) is 60.0 Å². The molecule has 27 heavy (non-hydrogen) atoms. The van der Waals surface area contributed by atoms with Gasteiger partial charge in [0.15, 0.2) is 5.96 Å². The Hall–Kier alpha value is -0.570. The highest BCUT2D eigenvalue weighted by molar-refractivity contribution is 14.0. The molecule has 0 aromatic carbocycles. The third kappa shape index (κ3) is 7.75. The maximum Gasteiger partial charge on any atom is 0.230 e. The van der Waals surface area contributed by atoms with Crippen LogP contribution in [0.4, 0.5) is 0 Å². The fraction of sp³-hybridized carbons (Fsp3) is 0.900. The van der Waals surface area contributed by atoms with Crippen molar-refractivity contribution in [1.29, 1.82) is 0 Å². The summed E-state index contributed by atoms with van der Waals surface area (Å²) in [6.07, 6.45) is 9.31. The van der Waals surface area contributed by atoms with Gasteiger partial charge in [0.2, 0.25) is 5.91 Å². The van der Waals surface area contributed by atoms with Gasteiger partial charge in [-0.15, -0.1) is 24.0 Å². The molecule has 0 unspecified atom stereocenters. The molecule has 2 N–H and O–H groups in total. The first-order valence-corrected chi connectivity index (χ1v) is 10.5. The lowest BCUT2D eigenvalue weighted by molar-refractivity contribution is -0.138. The van der Waals surface area contributed by atoms with Crippen molar-refractivity contribution in [3.63, 3.8) is 0 Å². The SMILES string of the molecule is CCNC(=NCC1(C(=O)N(C)C)CCCC1)NCCCCN1CCCC1.I. The summed E-state index contributed by atoms with van der Waals surface area (Å²) in [5.74, 6) is 1.09. The molecule has 1 heterocycles. The summed E-state index contributed by atoms with van der Waals surface area (Å²) in [5.41, 5.74) is -0.290. The Morgan fingerprint density at radius 3 is 2.33 bits per heavy atom. The van der Waals surface area contributed by atoms with Gasteiger partial charge in [0.25, 0.3) is 0 Å². The zero-order valence-corrected chi connectivity index (χ0v) is 19.9. The van der Waals surface area contributed by atoms with Gasteiger partial charge in [-0.25, -0.2) is 0 Å². The number of hydrogen-bond donors (Lipinski definition) is 2. The number of nitrogens with one attached hydrogen (secondary N) is 2. The Kier molecular flexibility index (Phi) is 11.6. The van der Waals surface area contributed by atoms with E-state index in [-0.39, 0.29) is 35.3 Å². The summed E-state index contributed by atoms with van der Waals surface area (Å²) in [6.45, 7) is 8.23. The van der Waals surface area contributed by atoms with Gasteiger partial charge < -0.3 is 20.4 Å². The zero-order valence-electron chi connectivity index (χ0n) is 17.6. The third-order valence-electron chi connectivity index (χ3n) is 5.70. The zero-order chi connectivity index (χ0) is 18.8. The van der Waals surface area contributed by atoms with Crippen LogP contribution in [0.15, 0.2) is 4.99 Å². The van der Waals surface area contributed by atoms with Crippen molar-refractivity contribution in [1.82, 2.24) is 20.4 Å². The largest absolute Gasteiger partial charge is 0.357 e. The van der Waals surface area contributed by atoms with Crippen molar-refractivity contribution in [3.8, 4) is 0 Å². The minimum atomic E-state index is -0.290. The van der Waals surface area contributed by atoms with Gasteiger partial charge >= 0.3 is 0 Å². The molecule has 0 bridgehead atoms. The first kappa shape index (κ1) is 24.5. The van der Waals surface area contributed by atoms with Crippen LogP contribution in [0.3, 0.4) is 0 Å². The average Bonchev–Trinajstić information content (AvgIpc) is 3.31. The van der Waals surface area contributed by atoms with Gasteiger partial charge in [0.05, 0.1) is 12.0 Å². The molecule has 1 amide bonds. The number of guanidine groups is 1. The van der Waals surface area contributed by atoms with Gasteiger partial charge in [-0.2, -0.15) is 0 Å². The Morgan fingerprint density at radius 1 is 1.07 bits per heavy atom. The van der Waals surface area contributed by atoms with E-state index in [0.29, 0.717) is 6.54 Å².